The van der Waals surface area contributed by atoms with Crippen molar-refractivity contribution < 1.29 is 27.4 Å². The highest BCUT2D eigenvalue weighted by atomic mass is 19.4. The summed E-state index contributed by atoms with van der Waals surface area (Å²) in [5.74, 6) is 0.488. The topological polar surface area (TPSA) is 38.8 Å². The third-order valence-corrected chi connectivity index (χ3v) is 3.74. The van der Waals surface area contributed by atoms with Crippen molar-refractivity contribution in [2.24, 2.45) is 0 Å². The monoisotopic (exact) mass is 337 g/mol. The zero-order valence-electron chi connectivity index (χ0n) is 12.8. The van der Waals surface area contributed by atoms with Crippen LogP contribution in [-0.2, 0) is 17.5 Å². The van der Waals surface area contributed by atoms with Gasteiger partial charge in [0.1, 0.15) is 0 Å². The number of alkyl halides is 3. The second-order valence-corrected chi connectivity index (χ2v) is 5.27. The van der Waals surface area contributed by atoms with Crippen LogP contribution in [-0.4, -0.2) is 19.6 Å². The molecule has 0 atom stereocenters. The summed E-state index contributed by atoms with van der Waals surface area (Å²) in [7, 11) is 1.48. The van der Waals surface area contributed by atoms with Crippen molar-refractivity contribution in [2.75, 3.05) is 18.6 Å². The fraction of sp³-hybridized carbons (Fsp3) is 0.235. The molecule has 2 aromatic carbocycles. The van der Waals surface area contributed by atoms with E-state index in [1.54, 1.807) is 18.2 Å². The lowest BCUT2D eigenvalue weighted by molar-refractivity contribution is -0.137. The van der Waals surface area contributed by atoms with E-state index in [4.69, 9.17) is 9.47 Å². The van der Waals surface area contributed by atoms with Gasteiger partial charge in [0, 0.05) is 11.3 Å². The molecule has 0 aromatic heterocycles. The number of methoxy groups -OCH3 is 1. The highest BCUT2D eigenvalue weighted by molar-refractivity contribution is 5.95. The van der Waals surface area contributed by atoms with Gasteiger partial charge in [-0.1, -0.05) is 18.2 Å². The number of carbonyl (C=O) groups is 1. The average Bonchev–Trinajstić information content (AvgIpc) is 2.73. The molecule has 0 saturated heterocycles. The van der Waals surface area contributed by atoms with Crippen LogP contribution in [0.5, 0.6) is 11.5 Å². The molecule has 0 saturated carbocycles. The van der Waals surface area contributed by atoms with Gasteiger partial charge in [0.05, 0.1) is 19.2 Å². The Bertz CT molecular complexity index is 774. The van der Waals surface area contributed by atoms with Crippen molar-refractivity contribution in [1.82, 2.24) is 0 Å². The van der Waals surface area contributed by atoms with Gasteiger partial charge >= 0.3 is 6.18 Å². The first-order valence-corrected chi connectivity index (χ1v) is 7.16. The van der Waals surface area contributed by atoms with Crippen LogP contribution in [0.4, 0.5) is 18.9 Å². The first-order chi connectivity index (χ1) is 11.4. The summed E-state index contributed by atoms with van der Waals surface area (Å²) in [5.41, 5.74) is 0.0375. The molecule has 0 aliphatic carbocycles. The molecule has 1 aliphatic rings. The molecule has 24 heavy (non-hydrogen) atoms. The molecule has 126 valence electrons. The molecular weight excluding hydrogens is 323 g/mol. The summed E-state index contributed by atoms with van der Waals surface area (Å²) in [6.07, 6.45) is -4.47. The summed E-state index contributed by atoms with van der Waals surface area (Å²) < 4.78 is 49.4. The minimum absolute atomic E-state index is 0.104. The third kappa shape index (κ3) is 3.02. The molecule has 0 fully saturated rings. The molecule has 1 heterocycles. The Morgan fingerprint density at radius 1 is 1.17 bits per heavy atom. The number of fused-ring (bicyclic) bond motifs is 1. The first kappa shape index (κ1) is 16.2. The van der Waals surface area contributed by atoms with Crippen molar-refractivity contribution in [2.45, 2.75) is 12.7 Å². The predicted octanol–water partition coefficient (Wildman–Crippen LogP) is 3.64. The Hall–Kier alpha value is -2.70. The molecule has 1 aliphatic heterocycles. The van der Waals surface area contributed by atoms with Crippen LogP contribution in [0.1, 0.15) is 11.1 Å². The molecule has 0 bridgehead atoms. The second-order valence-electron chi connectivity index (χ2n) is 5.27. The van der Waals surface area contributed by atoms with E-state index in [0.717, 1.165) is 12.1 Å². The Morgan fingerprint density at radius 3 is 2.62 bits per heavy atom. The number of halogens is 3. The van der Waals surface area contributed by atoms with E-state index in [1.807, 2.05) is 0 Å². The van der Waals surface area contributed by atoms with Crippen molar-refractivity contribution in [1.29, 1.82) is 0 Å². The minimum atomic E-state index is -4.47. The van der Waals surface area contributed by atoms with Crippen LogP contribution in [0.3, 0.4) is 0 Å². The quantitative estimate of drug-likeness (QED) is 0.840. The Kier molecular flexibility index (Phi) is 4.09. The van der Waals surface area contributed by atoms with E-state index in [1.165, 1.54) is 24.1 Å². The number of hydrogen-bond acceptors (Lipinski definition) is 3. The van der Waals surface area contributed by atoms with Crippen LogP contribution in [0.2, 0.25) is 0 Å². The molecule has 7 heteroatoms. The SMILES string of the molecule is COc1cccc2c1OCC(=O)N(c1cccc(C(F)(F)F)c1)C2. The highest BCUT2D eigenvalue weighted by Gasteiger charge is 2.32. The van der Waals surface area contributed by atoms with Gasteiger partial charge in [-0.2, -0.15) is 13.2 Å². The van der Waals surface area contributed by atoms with Crippen LogP contribution >= 0.6 is 0 Å². The van der Waals surface area contributed by atoms with Crippen molar-refractivity contribution in [3.05, 3.63) is 53.6 Å². The van der Waals surface area contributed by atoms with Crippen LogP contribution in [0.25, 0.3) is 0 Å². The molecule has 2 aromatic rings. The molecule has 1 amide bonds. The zero-order valence-corrected chi connectivity index (χ0v) is 12.8. The van der Waals surface area contributed by atoms with Gasteiger partial charge in [-0.3, -0.25) is 4.79 Å². The normalized spacial score (nSPS) is 14.7. The van der Waals surface area contributed by atoms with Crippen LogP contribution in [0, 0.1) is 0 Å². The van der Waals surface area contributed by atoms with Crippen LogP contribution in [0.15, 0.2) is 42.5 Å². The maximum absolute atomic E-state index is 12.9. The van der Waals surface area contributed by atoms with Gasteiger partial charge < -0.3 is 14.4 Å². The smallest absolute Gasteiger partial charge is 0.416 e. The van der Waals surface area contributed by atoms with Crippen molar-refractivity contribution >= 4 is 11.6 Å². The van der Waals surface area contributed by atoms with E-state index in [0.29, 0.717) is 17.1 Å². The van der Waals surface area contributed by atoms with Gasteiger partial charge in [-0.25, -0.2) is 0 Å². The largest absolute Gasteiger partial charge is 0.493 e. The number of ether oxygens (including phenoxy) is 2. The fourth-order valence-corrected chi connectivity index (χ4v) is 2.57. The minimum Gasteiger partial charge on any atom is -0.493 e. The van der Waals surface area contributed by atoms with Gasteiger partial charge in [0.2, 0.25) is 0 Å². The van der Waals surface area contributed by atoms with Gasteiger partial charge in [0.25, 0.3) is 5.91 Å². The average molecular weight is 337 g/mol. The molecule has 4 nitrogen and oxygen atoms in total. The van der Waals surface area contributed by atoms with Crippen LogP contribution < -0.4 is 14.4 Å². The molecule has 0 radical (unpaired) electrons. The first-order valence-electron chi connectivity index (χ1n) is 7.16. The van der Waals surface area contributed by atoms with Gasteiger partial charge in [-0.15, -0.1) is 0 Å². The number of benzene rings is 2. The third-order valence-electron chi connectivity index (χ3n) is 3.74. The lowest BCUT2D eigenvalue weighted by Crippen LogP contribution is -2.32. The number of hydrogen-bond donors (Lipinski definition) is 0. The summed E-state index contributed by atoms with van der Waals surface area (Å²) in [5, 5.41) is 0. The van der Waals surface area contributed by atoms with E-state index in [9.17, 15) is 18.0 Å². The Balaban J connectivity index is 2.00. The molecule has 3 rings (SSSR count). The van der Waals surface area contributed by atoms with Gasteiger partial charge in [0.15, 0.2) is 18.1 Å². The number of rotatable bonds is 2. The number of carbonyl (C=O) groups excluding carboxylic acids is 1. The summed E-state index contributed by atoms with van der Waals surface area (Å²) in [6, 6.07) is 9.87. The summed E-state index contributed by atoms with van der Waals surface area (Å²) in [4.78, 5) is 13.6. The second kappa shape index (κ2) is 6.07. The van der Waals surface area contributed by atoms with Gasteiger partial charge in [-0.05, 0) is 24.3 Å². The van der Waals surface area contributed by atoms with Crippen molar-refractivity contribution in [3.8, 4) is 11.5 Å². The highest BCUT2D eigenvalue weighted by Crippen LogP contribution is 2.36. The number of nitrogens with zero attached hydrogens (tertiary/aromatic N) is 1. The molecule has 0 N–H and O–H groups in total. The van der Waals surface area contributed by atoms with E-state index in [-0.39, 0.29) is 18.8 Å². The lowest BCUT2D eigenvalue weighted by atomic mass is 10.1. The lowest BCUT2D eigenvalue weighted by Gasteiger charge is -2.21. The fourth-order valence-electron chi connectivity index (χ4n) is 2.57. The zero-order chi connectivity index (χ0) is 17.3. The predicted molar refractivity (Wildman–Crippen MR) is 81.1 cm³/mol. The van der Waals surface area contributed by atoms with E-state index < -0.39 is 17.6 Å². The Labute approximate surface area is 136 Å². The number of para-hydroxylation sites is 1. The van der Waals surface area contributed by atoms with E-state index >= 15 is 0 Å². The maximum Gasteiger partial charge on any atom is 0.416 e. The summed E-state index contributed by atoms with van der Waals surface area (Å²) >= 11 is 0. The molecular formula is C17H14F3NO3. The van der Waals surface area contributed by atoms with Crippen molar-refractivity contribution in [3.63, 3.8) is 0 Å². The molecule has 0 spiro atoms. The summed E-state index contributed by atoms with van der Waals surface area (Å²) in [6.45, 7) is -0.170. The maximum atomic E-state index is 12.9. The number of amides is 1. The molecule has 0 unspecified atom stereocenters. The van der Waals surface area contributed by atoms with E-state index in [2.05, 4.69) is 0 Å². The Morgan fingerprint density at radius 2 is 1.92 bits per heavy atom. The standard InChI is InChI=1S/C17H14F3NO3/c1-23-14-7-2-4-11-9-21(15(22)10-24-16(11)14)13-6-3-5-12(8-13)17(18,19)20/h2-8H,9-10H2,1H3. The number of anilines is 1.